The van der Waals surface area contributed by atoms with Gasteiger partial charge in [-0.15, -0.1) is 0 Å². The van der Waals surface area contributed by atoms with Crippen molar-refractivity contribution in [3.05, 3.63) is 0 Å². The summed E-state index contributed by atoms with van der Waals surface area (Å²) in [6.45, 7) is 0.0308. The van der Waals surface area contributed by atoms with Gasteiger partial charge < -0.3 is 0 Å². The van der Waals surface area contributed by atoms with Crippen molar-refractivity contribution in [2.75, 3.05) is 0 Å². The number of carbonyl (C=O) groups excluding carboxylic acids is 1. The van der Waals surface area contributed by atoms with Gasteiger partial charge in [-0.3, -0.25) is 4.79 Å². The zero-order valence-corrected chi connectivity index (χ0v) is 9.00. The van der Waals surface area contributed by atoms with Gasteiger partial charge in [0.15, 0.2) is 4.75 Å². The second kappa shape index (κ2) is 3.44. The van der Waals surface area contributed by atoms with Crippen LogP contribution in [-0.2, 0) is 0 Å². The summed E-state index contributed by atoms with van der Waals surface area (Å²) in [4.78, 5) is 10.7. The van der Waals surface area contributed by atoms with Crippen LogP contribution in [0.3, 0.4) is 0 Å². The van der Waals surface area contributed by atoms with Gasteiger partial charge in [-0.05, 0) is 18.7 Å². The Morgan fingerprint density at radius 1 is 1.00 bits per heavy atom. The van der Waals surface area contributed by atoms with E-state index in [1.807, 2.05) is 0 Å². The second-order valence-electron chi connectivity index (χ2n) is 3.08. The number of halogens is 7. The quantitative estimate of drug-likeness (QED) is 0.624. The largest absolute Gasteiger partial charge is 0.434 e. The lowest BCUT2D eigenvalue weighted by molar-refractivity contribution is -0.250. The second-order valence-corrected chi connectivity index (χ2v) is 5.87. The molecule has 2 unspecified atom stereocenters. The lowest BCUT2D eigenvalue weighted by Crippen LogP contribution is -2.59. The van der Waals surface area contributed by atoms with Crippen LogP contribution in [0.2, 0.25) is 0 Å². The first-order valence-corrected chi connectivity index (χ1v) is 5.23. The molecule has 0 spiro atoms. The first-order valence-electron chi connectivity index (χ1n) is 3.59. The Hall–Kier alpha value is -0.120. The van der Waals surface area contributed by atoms with Crippen LogP contribution in [0.15, 0.2) is 0 Å². The Morgan fingerprint density at radius 3 is 1.69 bits per heavy atom. The van der Waals surface area contributed by atoms with Gasteiger partial charge in [-0.25, -0.2) is 4.39 Å². The molecule has 1 aliphatic rings. The van der Waals surface area contributed by atoms with E-state index in [0.717, 1.165) is 0 Å². The van der Waals surface area contributed by atoms with Crippen molar-refractivity contribution < 1.29 is 35.5 Å². The molecule has 0 aromatic rings. The van der Waals surface area contributed by atoms with Crippen LogP contribution in [0, 0.1) is 0 Å². The van der Waals surface area contributed by atoms with Gasteiger partial charge in [0.05, 0.1) is 0 Å². The van der Waals surface area contributed by atoms with E-state index >= 15 is 0 Å². The Bertz CT molecular complexity index is 294. The van der Waals surface area contributed by atoms with E-state index in [-0.39, 0.29) is 6.92 Å². The van der Waals surface area contributed by atoms with E-state index in [1.165, 1.54) is 0 Å². The summed E-state index contributed by atoms with van der Waals surface area (Å²) in [5, 5.41) is -4.65. The van der Waals surface area contributed by atoms with Crippen LogP contribution in [0.4, 0.5) is 35.5 Å². The molecular formula is C6H3F7OS2. The molecule has 0 amide bonds. The normalized spacial score (nSPS) is 36.9. The molecule has 0 radical (unpaired) electrons. The fourth-order valence-electron chi connectivity index (χ4n) is 1.03. The summed E-state index contributed by atoms with van der Waals surface area (Å²) < 4.78 is 82.2. The summed E-state index contributed by atoms with van der Waals surface area (Å²) in [6, 6.07) is 0. The smallest absolute Gasteiger partial charge is 0.274 e. The molecule has 1 fully saturated rings. The van der Waals surface area contributed by atoms with Gasteiger partial charge in [-0.1, -0.05) is 11.8 Å². The summed E-state index contributed by atoms with van der Waals surface area (Å²) in [5.74, 6) is 0. The lowest BCUT2D eigenvalue weighted by atomic mass is 10.0. The topological polar surface area (TPSA) is 17.1 Å². The summed E-state index contributed by atoms with van der Waals surface area (Å²) in [6.07, 6.45) is -11.3. The minimum absolute atomic E-state index is 0.0308. The van der Waals surface area contributed by atoms with E-state index in [9.17, 15) is 35.5 Å². The third-order valence-electron chi connectivity index (χ3n) is 2.03. The molecule has 16 heavy (non-hydrogen) atoms. The van der Waals surface area contributed by atoms with Crippen LogP contribution >= 0.6 is 23.5 Å². The number of thioether (sulfide) groups is 2. The van der Waals surface area contributed by atoms with Gasteiger partial charge in [0.2, 0.25) is 4.45 Å². The number of rotatable bonds is 0. The molecule has 0 bridgehead atoms. The molecule has 0 aromatic heterocycles. The molecule has 10 heteroatoms. The molecule has 1 heterocycles. The highest BCUT2D eigenvalue weighted by molar-refractivity contribution is 8.42. The molecule has 1 rings (SSSR count). The molecule has 1 saturated heterocycles. The van der Waals surface area contributed by atoms with Crippen molar-refractivity contribution in [1.29, 1.82) is 0 Å². The third-order valence-corrected chi connectivity index (χ3v) is 4.84. The highest BCUT2D eigenvalue weighted by atomic mass is 32.2. The predicted octanol–water partition coefficient (Wildman–Crippen LogP) is 4.14. The molecule has 2 atom stereocenters. The summed E-state index contributed by atoms with van der Waals surface area (Å²) in [5.41, 5.74) is 0. The fraction of sp³-hybridized carbons (Fsp3) is 0.833. The Balaban J connectivity index is 3.34. The standard InChI is InChI=1S/C6H3F7OS2/c1-3(5(8,9)10)4(7,6(11,12)13)16-2(14)15-3/h1H3. The van der Waals surface area contributed by atoms with Gasteiger partial charge in [0.1, 0.15) is 0 Å². The monoisotopic (exact) mass is 288 g/mol. The average molecular weight is 288 g/mol. The lowest BCUT2D eigenvalue weighted by Gasteiger charge is -2.36. The number of hydrogen-bond acceptors (Lipinski definition) is 3. The van der Waals surface area contributed by atoms with Crippen molar-refractivity contribution in [1.82, 2.24) is 0 Å². The van der Waals surface area contributed by atoms with Crippen LogP contribution in [0.25, 0.3) is 0 Å². The minimum Gasteiger partial charge on any atom is -0.274 e. The first kappa shape index (κ1) is 13.9. The highest BCUT2D eigenvalue weighted by Crippen LogP contribution is 2.67. The van der Waals surface area contributed by atoms with E-state index in [0.29, 0.717) is 0 Å². The zero-order valence-electron chi connectivity index (χ0n) is 7.37. The Morgan fingerprint density at radius 2 is 1.44 bits per heavy atom. The molecule has 0 aliphatic carbocycles. The van der Waals surface area contributed by atoms with Gasteiger partial charge >= 0.3 is 12.4 Å². The van der Waals surface area contributed by atoms with E-state index in [4.69, 9.17) is 0 Å². The Labute approximate surface area is 93.1 Å². The van der Waals surface area contributed by atoms with Crippen LogP contribution in [-0.4, -0.2) is 26.5 Å². The van der Waals surface area contributed by atoms with E-state index < -0.39 is 50.1 Å². The first-order chi connectivity index (χ1) is 6.85. The van der Waals surface area contributed by atoms with Crippen LogP contribution in [0.1, 0.15) is 6.92 Å². The van der Waals surface area contributed by atoms with Crippen molar-refractivity contribution in [3.63, 3.8) is 0 Å². The molecular weight excluding hydrogens is 285 g/mol. The maximum Gasteiger partial charge on any atom is 0.434 e. The van der Waals surface area contributed by atoms with Gasteiger partial charge in [0.25, 0.3) is 5.00 Å². The molecule has 1 nitrogen and oxygen atoms in total. The fourth-order valence-corrected chi connectivity index (χ4v) is 3.65. The molecule has 0 saturated carbocycles. The summed E-state index contributed by atoms with van der Waals surface area (Å²) >= 11 is -1.67. The molecule has 94 valence electrons. The molecule has 0 aromatic carbocycles. The zero-order chi connectivity index (χ0) is 13.0. The van der Waals surface area contributed by atoms with Crippen molar-refractivity contribution >= 4 is 28.0 Å². The summed E-state index contributed by atoms with van der Waals surface area (Å²) in [7, 11) is 0. The maximum atomic E-state index is 13.5. The van der Waals surface area contributed by atoms with Crippen LogP contribution in [0.5, 0.6) is 0 Å². The van der Waals surface area contributed by atoms with Gasteiger partial charge in [0, 0.05) is 0 Å². The SMILES string of the molecule is CC1(C(F)(F)F)SC(=O)SC1(F)C(F)(F)F. The van der Waals surface area contributed by atoms with Crippen LogP contribution < -0.4 is 0 Å². The third kappa shape index (κ3) is 1.69. The van der Waals surface area contributed by atoms with Crippen molar-refractivity contribution in [2.45, 2.75) is 29.0 Å². The van der Waals surface area contributed by atoms with E-state index in [1.54, 1.807) is 0 Å². The number of hydrogen-bond donors (Lipinski definition) is 0. The Kier molecular flexibility index (Phi) is 3.00. The number of carbonyl (C=O) groups is 1. The predicted molar refractivity (Wildman–Crippen MR) is 44.9 cm³/mol. The minimum atomic E-state index is -5.78. The molecule has 1 aliphatic heterocycles. The van der Waals surface area contributed by atoms with Gasteiger partial charge in [-0.2, -0.15) is 26.3 Å². The van der Waals surface area contributed by atoms with Crippen molar-refractivity contribution in [3.8, 4) is 0 Å². The molecule has 0 N–H and O–H groups in total. The van der Waals surface area contributed by atoms with E-state index in [2.05, 4.69) is 0 Å². The van der Waals surface area contributed by atoms with Crippen molar-refractivity contribution in [2.24, 2.45) is 0 Å². The number of alkyl halides is 7. The average Bonchev–Trinajstić information content (AvgIpc) is 2.21. The highest BCUT2D eigenvalue weighted by Gasteiger charge is 2.81. The maximum absolute atomic E-state index is 13.5.